The highest BCUT2D eigenvalue weighted by atomic mass is 32.1. The molecule has 16 heavy (non-hydrogen) atoms. The molecule has 1 aromatic rings. The number of carbonyl (C=O) groups excluding carboxylic acids is 2. The SMILES string of the molecule is COC(=O)c1csc(C(O)C(O)C(N)=O)n1. The Bertz CT molecular complexity index is 405. The molecule has 0 aliphatic heterocycles. The monoisotopic (exact) mass is 246 g/mol. The Morgan fingerprint density at radius 2 is 2.19 bits per heavy atom. The molecule has 0 aliphatic rings. The lowest BCUT2D eigenvalue weighted by Gasteiger charge is -2.11. The molecule has 88 valence electrons. The number of carbonyl (C=O) groups is 2. The maximum absolute atomic E-state index is 11.0. The summed E-state index contributed by atoms with van der Waals surface area (Å²) >= 11 is 0.917. The lowest BCUT2D eigenvalue weighted by Crippen LogP contribution is -2.33. The zero-order valence-electron chi connectivity index (χ0n) is 8.28. The van der Waals surface area contributed by atoms with E-state index in [2.05, 4.69) is 9.72 Å². The molecule has 1 amide bonds. The number of ether oxygens (including phenoxy) is 1. The number of aromatic nitrogens is 1. The molecule has 2 unspecified atom stereocenters. The summed E-state index contributed by atoms with van der Waals surface area (Å²) in [7, 11) is 1.19. The Kier molecular flexibility index (Phi) is 3.93. The highest BCUT2D eigenvalue weighted by Gasteiger charge is 2.27. The van der Waals surface area contributed by atoms with Crippen LogP contribution in [0.2, 0.25) is 0 Å². The number of aliphatic hydroxyl groups is 2. The Morgan fingerprint density at radius 1 is 1.56 bits per heavy atom. The normalized spacial score (nSPS) is 14.2. The van der Waals surface area contributed by atoms with Gasteiger partial charge in [-0.05, 0) is 0 Å². The van der Waals surface area contributed by atoms with Gasteiger partial charge in [0.1, 0.15) is 11.1 Å². The van der Waals surface area contributed by atoms with Crippen molar-refractivity contribution in [2.75, 3.05) is 7.11 Å². The highest BCUT2D eigenvalue weighted by Crippen LogP contribution is 2.21. The number of rotatable bonds is 4. The van der Waals surface area contributed by atoms with Crippen molar-refractivity contribution in [3.63, 3.8) is 0 Å². The van der Waals surface area contributed by atoms with Crippen molar-refractivity contribution in [1.29, 1.82) is 0 Å². The van der Waals surface area contributed by atoms with Crippen LogP contribution in [0.3, 0.4) is 0 Å². The van der Waals surface area contributed by atoms with Crippen LogP contribution in [0.15, 0.2) is 5.38 Å². The highest BCUT2D eigenvalue weighted by molar-refractivity contribution is 7.09. The Hall–Kier alpha value is -1.51. The summed E-state index contributed by atoms with van der Waals surface area (Å²) in [5, 5.41) is 20.0. The van der Waals surface area contributed by atoms with Gasteiger partial charge in [0.25, 0.3) is 0 Å². The predicted molar refractivity (Wildman–Crippen MR) is 53.6 cm³/mol. The second-order valence-corrected chi connectivity index (χ2v) is 3.74. The number of aliphatic hydroxyl groups excluding tert-OH is 2. The standard InChI is InChI=1S/C8H10N2O5S/c1-15-8(14)3-2-16-7(10-3)5(12)4(11)6(9)13/h2,4-5,11-12H,1H3,(H2,9,13). The van der Waals surface area contributed by atoms with E-state index >= 15 is 0 Å². The molecular weight excluding hydrogens is 236 g/mol. The lowest BCUT2D eigenvalue weighted by molar-refractivity contribution is -0.131. The van der Waals surface area contributed by atoms with Crippen LogP contribution in [0.5, 0.6) is 0 Å². The fourth-order valence-corrected chi connectivity index (χ4v) is 1.71. The van der Waals surface area contributed by atoms with Gasteiger partial charge < -0.3 is 20.7 Å². The van der Waals surface area contributed by atoms with Crippen molar-refractivity contribution in [2.45, 2.75) is 12.2 Å². The minimum atomic E-state index is -1.75. The maximum atomic E-state index is 11.0. The van der Waals surface area contributed by atoms with Gasteiger partial charge in [-0.3, -0.25) is 4.79 Å². The van der Waals surface area contributed by atoms with Gasteiger partial charge >= 0.3 is 5.97 Å². The van der Waals surface area contributed by atoms with E-state index in [-0.39, 0.29) is 10.7 Å². The minimum Gasteiger partial charge on any atom is -0.464 e. The van der Waals surface area contributed by atoms with Crippen LogP contribution in [0, 0.1) is 0 Å². The third-order valence-electron chi connectivity index (χ3n) is 1.76. The Morgan fingerprint density at radius 3 is 2.69 bits per heavy atom. The summed E-state index contributed by atoms with van der Waals surface area (Å²) in [4.78, 5) is 25.4. The van der Waals surface area contributed by atoms with E-state index in [1.54, 1.807) is 0 Å². The summed E-state index contributed by atoms with van der Waals surface area (Å²) in [6.07, 6.45) is -3.29. The van der Waals surface area contributed by atoms with Gasteiger partial charge in [-0.1, -0.05) is 0 Å². The molecule has 0 aromatic carbocycles. The molecule has 7 nitrogen and oxygen atoms in total. The molecule has 8 heteroatoms. The van der Waals surface area contributed by atoms with Crippen molar-refractivity contribution in [2.24, 2.45) is 5.73 Å². The molecule has 0 spiro atoms. The van der Waals surface area contributed by atoms with Crippen LogP contribution >= 0.6 is 11.3 Å². The molecule has 1 aromatic heterocycles. The van der Waals surface area contributed by atoms with Crippen LogP contribution < -0.4 is 5.73 Å². The van der Waals surface area contributed by atoms with E-state index in [9.17, 15) is 19.8 Å². The summed E-state index contributed by atoms with van der Waals surface area (Å²) in [6, 6.07) is 0. The van der Waals surface area contributed by atoms with Crippen LogP contribution in [-0.4, -0.2) is 40.3 Å². The number of hydrogen-bond acceptors (Lipinski definition) is 7. The summed E-state index contributed by atoms with van der Waals surface area (Å²) in [5.74, 6) is -1.73. The Balaban J connectivity index is 2.85. The first-order valence-corrected chi connectivity index (χ1v) is 5.04. The zero-order chi connectivity index (χ0) is 12.3. The first kappa shape index (κ1) is 12.6. The van der Waals surface area contributed by atoms with Crippen LogP contribution in [-0.2, 0) is 9.53 Å². The van der Waals surface area contributed by atoms with E-state index < -0.39 is 24.1 Å². The number of hydrogen-bond donors (Lipinski definition) is 3. The van der Waals surface area contributed by atoms with Crippen molar-refractivity contribution >= 4 is 23.2 Å². The van der Waals surface area contributed by atoms with E-state index in [1.165, 1.54) is 12.5 Å². The molecule has 0 radical (unpaired) electrons. The van der Waals surface area contributed by atoms with Gasteiger partial charge in [0.2, 0.25) is 5.91 Å². The molecule has 0 fully saturated rings. The van der Waals surface area contributed by atoms with Gasteiger partial charge in [-0.2, -0.15) is 0 Å². The molecule has 2 atom stereocenters. The fourth-order valence-electron chi connectivity index (χ4n) is 0.912. The number of methoxy groups -OCH3 is 1. The molecule has 0 saturated carbocycles. The number of nitrogens with zero attached hydrogens (tertiary/aromatic N) is 1. The molecule has 0 aliphatic carbocycles. The summed E-state index contributed by atoms with van der Waals surface area (Å²) in [5.41, 5.74) is 4.80. The number of thiazole rings is 1. The smallest absolute Gasteiger partial charge is 0.357 e. The van der Waals surface area contributed by atoms with E-state index in [0.29, 0.717) is 0 Å². The largest absolute Gasteiger partial charge is 0.464 e. The van der Waals surface area contributed by atoms with Crippen LogP contribution in [0.25, 0.3) is 0 Å². The van der Waals surface area contributed by atoms with Crippen molar-refractivity contribution < 1.29 is 24.5 Å². The first-order chi connectivity index (χ1) is 7.47. The van der Waals surface area contributed by atoms with E-state index in [4.69, 9.17) is 5.73 Å². The predicted octanol–water partition coefficient (Wildman–Crippen LogP) is -1.19. The number of amides is 1. The fraction of sp³-hybridized carbons (Fsp3) is 0.375. The molecule has 0 saturated heterocycles. The average Bonchev–Trinajstić information content (AvgIpc) is 2.75. The van der Waals surface area contributed by atoms with Crippen LogP contribution in [0.1, 0.15) is 21.6 Å². The molecule has 0 bridgehead atoms. The summed E-state index contributed by atoms with van der Waals surface area (Å²) in [6.45, 7) is 0. The molecule has 1 heterocycles. The second kappa shape index (κ2) is 5.01. The third kappa shape index (κ3) is 2.54. The minimum absolute atomic E-state index is 0.00165. The van der Waals surface area contributed by atoms with Crippen molar-refractivity contribution in [3.05, 3.63) is 16.1 Å². The van der Waals surface area contributed by atoms with Gasteiger partial charge in [-0.15, -0.1) is 11.3 Å². The van der Waals surface area contributed by atoms with E-state index in [0.717, 1.165) is 11.3 Å². The molecule has 1 rings (SSSR count). The molecule has 4 N–H and O–H groups in total. The average molecular weight is 246 g/mol. The maximum Gasteiger partial charge on any atom is 0.357 e. The van der Waals surface area contributed by atoms with Crippen molar-refractivity contribution in [1.82, 2.24) is 4.98 Å². The topological polar surface area (TPSA) is 123 Å². The number of primary amides is 1. The second-order valence-electron chi connectivity index (χ2n) is 2.85. The lowest BCUT2D eigenvalue weighted by atomic mass is 10.2. The summed E-state index contributed by atoms with van der Waals surface area (Å²) < 4.78 is 4.41. The quantitative estimate of drug-likeness (QED) is 0.574. The molecular formula is C8H10N2O5S. The van der Waals surface area contributed by atoms with Gasteiger partial charge in [0.05, 0.1) is 7.11 Å². The van der Waals surface area contributed by atoms with Crippen LogP contribution in [0.4, 0.5) is 0 Å². The van der Waals surface area contributed by atoms with Gasteiger partial charge in [0.15, 0.2) is 11.8 Å². The van der Waals surface area contributed by atoms with Crippen molar-refractivity contribution in [3.8, 4) is 0 Å². The van der Waals surface area contributed by atoms with E-state index in [1.807, 2.05) is 0 Å². The third-order valence-corrected chi connectivity index (χ3v) is 2.68. The number of nitrogens with two attached hydrogens (primary N) is 1. The number of esters is 1. The zero-order valence-corrected chi connectivity index (χ0v) is 9.10. The Labute approximate surface area is 94.5 Å². The first-order valence-electron chi connectivity index (χ1n) is 4.16. The van der Waals surface area contributed by atoms with Gasteiger partial charge in [-0.25, -0.2) is 9.78 Å². The van der Waals surface area contributed by atoms with Gasteiger partial charge in [0, 0.05) is 5.38 Å².